The summed E-state index contributed by atoms with van der Waals surface area (Å²) < 4.78 is 0.235. The van der Waals surface area contributed by atoms with Crippen LogP contribution >= 0.6 is 11.8 Å². The molecule has 2 aliphatic rings. The van der Waals surface area contributed by atoms with Gasteiger partial charge >= 0.3 is 0 Å². The number of nitrogens with one attached hydrogen (secondary N) is 1. The lowest BCUT2D eigenvalue weighted by Gasteiger charge is -2.38. The number of carbonyl (C=O) groups is 1. The summed E-state index contributed by atoms with van der Waals surface area (Å²) >= 11 is 1.93. The van der Waals surface area contributed by atoms with E-state index in [4.69, 9.17) is 0 Å². The van der Waals surface area contributed by atoms with E-state index in [0.29, 0.717) is 24.5 Å². The first-order valence-electron chi connectivity index (χ1n) is 7.74. The molecular formula is C15H28N2OS. The van der Waals surface area contributed by atoms with Crippen molar-refractivity contribution < 1.29 is 4.79 Å². The SMILES string of the molecule is CCC(CC)(CN1C(=O)CNC1C1CCCC1)SC. The predicted molar refractivity (Wildman–Crippen MR) is 82.3 cm³/mol. The summed E-state index contributed by atoms with van der Waals surface area (Å²) in [5.41, 5.74) is 0. The van der Waals surface area contributed by atoms with Crippen molar-refractivity contribution in [3.8, 4) is 0 Å². The van der Waals surface area contributed by atoms with Gasteiger partial charge < -0.3 is 4.90 Å². The molecule has 1 saturated carbocycles. The minimum Gasteiger partial charge on any atom is -0.324 e. The maximum absolute atomic E-state index is 12.2. The molecule has 2 rings (SSSR count). The van der Waals surface area contributed by atoms with Gasteiger partial charge in [-0.05, 0) is 37.9 Å². The van der Waals surface area contributed by atoms with Crippen LogP contribution in [0, 0.1) is 5.92 Å². The second-order valence-electron chi connectivity index (χ2n) is 5.99. The maximum atomic E-state index is 12.2. The molecule has 1 unspecified atom stereocenters. The minimum atomic E-state index is 0.235. The fourth-order valence-electron chi connectivity index (χ4n) is 3.58. The first-order valence-corrected chi connectivity index (χ1v) is 8.96. The minimum absolute atomic E-state index is 0.235. The van der Waals surface area contributed by atoms with Gasteiger partial charge in [-0.25, -0.2) is 0 Å². The summed E-state index contributed by atoms with van der Waals surface area (Å²) in [6.45, 7) is 5.95. The normalized spacial score (nSPS) is 25.5. The average Bonchev–Trinajstić information content (AvgIpc) is 3.07. The molecule has 0 aromatic heterocycles. The summed E-state index contributed by atoms with van der Waals surface area (Å²) in [7, 11) is 0. The fourth-order valence-corrected chi connectivity index (χ4v) is 4.42. The fraction of sp³-hybridized carbons (Fsp3) is 0.933. The molecule has 0 spiro atoms. The van der Waals surface area contributed by atoms with E-state index in [9.17, 15) is 4.79 Å². The first-order chi connectivity index (χ1) is 9.15. The number of amides is 1. The van der Waals surface area contributed by atoms with Gasteiger partial charge in [-0.15, -0.1) is 0 Å². The van der Waals surface area contributed by atoms with E-state index < -0.39 is 0 Å². The summed E-state index contributed by atoms with van der Waals surface area (Å²) in [5, 5.41) is 3.46. The number of carbonyl (C=O) groups excluding carboxylic acids is 1. The van der Waals surface area contributed by atoms with Crippen LogP contribution in [0.4, 0.5) is 0 Å². The molecule has 1 aliphatic heterocycles. The highest BCUT2D eigenvalue weighted by Gasteiger charge is 2.40. The topological polar surface area (TPSA) is 32.3 Å². The third-order valence-electron chi connectivity index (χ3n) is 5.15. The van der Waals surface area contributed by atoms with Crippen molar-refractivity contribution in [2.45, 2.75) is 63.3 Å². The smallest absolute Gasteiger partial charge is 0.237 e. The molecule has 1 amide bonds. The molecule has 0 aromatic carbocycles. The van der Waals surface area contributed by atoms with E-state index in [-0.39, 0.29) is 4.75 Å². The number of hydrogen-bond donors (Lipinski definition) is 1. The van der Waals surface area contributed by atoms with E-state index in [1.165, 1.54) is 25.7 Å². The maximum Gasteiger partial charge on any atom is 0.237 e. The zero-order valence-electron chi connectivity index (χ0n) is 12.6. The van der Waals surface area contributed by atoms with Gasteiger partial charge in [0.1, 0.15) is 0 Å². The van der Waals surface area contributed by atoms with Crippen molar-refractivity contribution in [2.75, 3.05) is 19.3 Å². The van der Waals surface area contributed by atoms with Gasteiger partial charge in [-0.1, -0.05) is 26.7 Å². The third-order valence-corrected chi connectivity index (χ3v) is 6.72. The van der Waals surface area contributed by atoms with Crippen LogP contribution in [0.3, 0.4) is 0 Å². The average molecular weight is 284 g/mol. The van der Waals surface area contributed by atoms with Gasteiger partial charge in [0.2, 0.25) is 5.91 Å². The highest BCUT2D eigenvalue weighted by atomic mass is 32.2. The van der Waals surface area contributed by atoms with Crippen LogP contribution in [0.1, 0.15) is 52.4 Å². The van der Waals surface area contributed by atoms with Crippen molar-refractivity contribution in [3.05, 3.63) is 0 Å². The van der Waals surface area contributed by atoms with Crippen LogP contribution in [0.25, 0.3) is 0 Å². The van der Waals surface area contributed by atoms with Crippen LogP contribution in [0.15, 0.2) is 0 Å². The lowest BCUT2D eigenvalue weighted by Crippen LogP contribution is -2.49. The molecule has 1 heterocycles. The zero-order valence-corrected chi connectivity index (χ0v) is 13.4. The van der Waals surface area contributed by atoms with Crippen molar-refractivity contribution in [1.82, 2.24) is 10.2 Å². The Hall–Kier alpha value is -0.220. The lowest BCUT2D eigenvalue weighted by atomic mass is 9.99. The van der Waals surface area contributed by atoms with Crippen LogP contribution in [0.2, 0.25) is 0 Å². The van der Waals surface area contributed by atoms with E-state index in [0.717, 1.165) is 19.4 Å². The molecule has 19 heavy (non-hydrogen) atoms. The molecule has 1 atom stereocenters. The highest BCUT2D eigenvalue weighted by molar-refractivity contribution is 8.00. The molecule has 3 nitrogen and oxygen atoms in total. The van der Waals surface area contributed by atoms with E-state index in [1.807, 2.05) is 11.8 Å². The van der Waals surface area contributed by atoms with Gasteiger partial charge in [-0.3, -0.25) is 10.1 Å². The number of thioether (sulfide) groups is 1. The Balaban J connectivity index is 2.08. The molecule has 0 aromatic rings. The van der Waals surface area contributed by atoms with E-state index in [2.05, 4.69) is 30.3 Å². The first kappa shape index (κ1) is 15.2. The highest BCUT2D eigenvalue weighted by Crippen LogP contribution is 2.36. The van der Waals surface area contributed by atoms with Crippen molar-refractivity contribution in [3.63, 3.8) is 0 Å². The van der Waals surface area contributed by atoms with E-state index in [1.54, 1.807) is 0 Å². The van der Waals surface area contributed by atoms with Gasteiger partial charge in [0.05, 0.1) is 12.7 Å². The van der Waals surface area contributed by atoms with Gasteiger partial charge in [0.25, 0.3) is 0 Å². The monoisotopic (exact) mass is 284 g/mol. The summed E-state index contributed by atoms with van der Waals surface area (Å²) in [6.07, 6.45) is 9.99. The Kier molecular flexibility index (Phi) is 5.18. The Morgan fingerprint density at radius 1 is 1.32 bits per heavy atom. The predicted octanol–water partition coefficient (Wildman–Crippen LogP) is 2.86. The quantitative estimate of drug-likeness (QED) is 0.814. The Labute approximate surface area is 121 Å². The molecule has 1 N–H and O–H groups in total. The zero-order chi connectivity index (χ0) is 13.9. The third kappa shape index (κ3) is 3.10. The Bertz CT molecular complexity index is 303. The van der Waals surface area contributed by atoms with Crippen LogP contribution in [-0.4, -0.2) is 41.1 Å². The van der Waals surface area contributed by atoms with E-state index >= 15 is 0 Å². The lowest BCUT2D eigenvalue weighted by molar-refractivity contribution is -0.129. The van der Waals surface area contributed by atoms with Crippen molar-refractivity contribution in [2.24, 2.45) is 5.92 Å². The molecule has 1 aliphatic carbocycles. The summed E-state index contributed by atoms with van der Waals surface area (Å²) in [6, 6.07) is 0. The largest absolute Gasteiger partial charge is 0.324 e. The second kappa shape index (κ2) is 6.49. The molecule has 1 saturated heterocycles. The van der Waals surface area contributed by atoms with Gasteiger partial charge in [0.15, 0.2) is 0 Å². The van der Waals surface area contributed by atoms with Crippen LogP contribution < -0.4 is 5.32 Å². The molecule has 0 radical (unpaired) electrons. The molecular weight excluding hydrogens is 256 g/mol. The molecule has 0 bridgehead atoms. The Morgan fingerprint density at radius 3 is 2.47 bits per heavy atom. The van der Waals surface area contributed by atoms with Crippen LogP contribution in [-0.2, 0) is 4.79 Å². The standard InChI is InChI=1S/C15H28N2OS/c1-4-15(5-2,19-3)11-17-13(18)10-16-14(17)12-8-6-7-9-12/h12,14,16H,4-11H2,1-3H3. The number of hydrogen-bond acceptors (Lipinski definition) is 3. The number of rotatable bonds is 6. The second-order valence-corrected chi connectivity index (χ2v) is 7.26. The van der Waals surface area contributed by atoms with Gasteiger partial charge in [-0.2, -0.15) is 11.8 Å². The molecule has 4 heteroatoms. The summed E-state index contributed by atoms with van der Waals surface area (Å²) in [5.74, 6) is 0.983. The van der Waals surface area contributed by atoms with Crippen LogP contribution in [0.5, 0.6) is 0 Å². The summed E-state index contributed by atoms with van der Waals surface area (Å²) in [4.78, 5) is 14.4. The van der Waals surface area contributed by atoms with Crippen molar-refractivity contribution in [1.29, 1.82) is 0 Å². The molecule has 2 fully saturated rings. The van der Waals surface area contributed by atoms with Gasteiger partial charge in [0, 0.05) is 11.3 Å². The van der Waals surface area contributed by atoms with Crippen molar-refractivity contribution >= 4 is 17.7 Å². The Morgan fingerprint density at radius 2 is 1.95 bits per heavy atom. The number of nitrogens with zero attached hydrogens (tertiary/aromatic N) is 1. The molecule has 110 valence electrons.